The monoisotopic (exact) mass is 228 g/mol. The highest BCUT2D eigenvalue weighted by molar-refractivity contribution is 5.42. The maximum atomic E-state index is 4.45. The van der Waals surface area contributed by atoms with Gasteiger partial charge in [-0.2, -0.15) is 0 Å². The lowest BCUT2D eigenvalue weighted by Crippen LogP contribution is -2.10. The molecule has 17 heavy (non-hydrogen) atoms. The van der Waals surface area contributed by atoms with Gasteiger partial charge in [-0.1, -0.05) is 0 Å². The summed E-state index contributed by atoms with van der Waals surface area (Å²) in [5.41, 5.74) is 3.01. The van der Waals surface area contributed by atoms with Crippen molar-refractivity contribution >= 4 is 5.82 Å². The van der Waals surface area contributed by atoms with Crippen LogP contribution in [0.25, 0.3) is 0 Å². The lowest BCUT2D eigenvalue weighted by Gasteiger charge is -2.16. The van der Waals surface area contributed by atoms with Gasteiger partial charge in [0.25, 0.3) is 0 Å². The zero-order chi connectivity index (χ0) is 12.3. The van der Waals surface area contributed by atoms with E-state index in [1.54, 1.807) is 18.6 Å². The first-order valence-corrected chi connectivity index (χ1v) is 5.63. The molecule has 0 bridgehead atoms. The van der Waals surface area contributed by atoms with Crippen LogP contribution in [-0.4, -0.2) is 15.0 Å². The number of aryl methyl sites for hydroxylation is 2. The Labute approximate surface area is 101 Å². The SMILES string of the molecule is Cc1cnc(C)c(N[C@H](C)c2ccncc2)n1. The first-order valence-electron chi connectivity index (χ1n) is 5.63. The van der Waals surface area contributed by atoms with Crippen LogP contribution in [0.4, 0.5) is 5.82 Å². The Bertz CT molecular complexity index is 496. The van der Waals surface area contributed by atoms with Gasteiger partial charge in [-0.05, 0) is 38.5 Å². The summed E-state index contributed by atoms with van der Waals surface area (Å²) < 4.78 is 0. The van der Waals surface area contributed by atoms with Crippen LogP contribution in [0.3, 0.4) is 0 Å². The van der Waals surface area contributed by atoms with Crippen molar-refractivity contribution in [2.45, 2.75) is 26.8 Å². The fraction of sp³-hybridized carbons (Fsp3) is 0.308. The third kappa shape index (κ3) is 2.78. The fourth-order valence-corrected chi connectivity index (χ4v) is 1.61. The molecule has 0 radical (unpaired) electrons. The molecule has 4 nitrogen and oxygen atoms in total. The molecule has 0 amide bonds. The van der Waals surface area contributed by atoms with Crippen molar-refractivity contribution in [3.05, 3.63) is 47.7 Å². The molecule has 0 saturated heterocycles. The number of anilines is 1. The number of nitrogens with zero attached hydrogens (tertiary/aromatic N) is 3. The van der Waals surface area contributed by atoms with Crippen LogP contribution in [0, 0.1) is 13.8 Å². The second-order valence-corrected chi connectivity index (χ2v) is 4.09. The Morgan fingerprint density at radius 3 is 2.59 bits per heavy atom. The van der Waals surface area contributed by atoms with E-state index in [-0.39, 0.29) is 6.04 Å². The average Bonchev–Trinajstić information content (AvgIpc) is 2.35. The molecule has 2 aromatic rings. The molecule has 88 valence electrons. The van der Waals surface area contributed by atoms with Crippen LogP contribution < -0.4 is 5.32 Å². The van der Waals surface area contributed by atoms with E-state index in [1.165, 1.54) is 5.56 Å². The van der Waals surface area contributed by atoms with Crippen molar-refractivity contribution in [1.82, 2.24) is 15.0 Å². The molecule has 0 aliphatic rings. The Morgan fingerprint density at radius 1 is 1.18 bits per heavy atom. The summed E-state index contributed by atoms with van der Waals surface area (Å²) in [5, 5.41) is 3.37. The Hall–Kier alpha value is -1.97. The number of aromatic nitrogens is 3. The van der Waals surface area contributed by atoms with Crippen molar-refractivity contribution in [2.24, 2.45) is 0 Å². The molecular formula is C13H16N4. The van der Waals surface area contributed by atoms with E-state index in [2.05, 4.69) is 27.2 Å². The van der Waals surface area contributed by atoms with Crippen LogP contribution in [0.5, 0.6) is 0 Å². The number of pyridine rings is 1. The summed E-state index contributed by atoms with van der Waals surface area (Å²) in [6.07, 6.45) is 5.36. The molecule has 0 aliphatic carbocycles. The van der Waals surface area contributed by atoms with Gasteiger partial charge in [0.2, 0.25) is 0 Å². The third-order valence-corrected chi connectivity index (χ3v) is 2.64. The maximum Gasteiger partial charge on any atom is 0.148 e. The van der Waals surface area contributed by atoms with Gasteiger partial charge in [-0.25, -0.2) is 4.98 Å². The minimum atomic E-state index is 0.188. The zero-order valence-electron chi connectivity index (χ0n) is 10.3. The van der Waals surface area contributed by atoms with Crippen LogP contribution >= 0.6 is 0 Å². The van der Waals surface area contributed by atoms with Gasteiger partial charge in [0.05, 0.1) is 17.4 Å². The van der Waals surface area contributed by atoms with Gasteiger partial charge in [0.15, 0.2) is 0 Å². The molecule has 4 heteroatoms. The molecule has 1 atom stereocenters. The third-order valence-electron chi connectivity index (χ3n) is 2.64. The van der Waals surface area contributed by atoms with Gasteiger partial charge in [0.1, 0.15) is 5.82 Å². The minimum absolute atomic E-state index is 0.188. The molecule has 0 saturated carbocycles. The van der Waals surface area contributed by atoms with Gasteiger partial charge < -0.3 is 5.32 Å². The Morgan fingerprint density at radius 2 is 1.88 bits per heavy atom. The lowest BCUT2D eigenvalue weighted by atomic mass is 10.1. The van der Waals surface area contributed by atoms with Crippen molar-refractivity contribution in [1.29, 1.82) is 0 Å². The molecule has 0 aliphatic heterocycles. The van der Waals surface area contributed by atoms with Gasteiger partial charge in [0, 0.05) is 18.6 Å². The second kappa shape index (κ2) is 4.91. The van der Waals surface area contributed by atoms with E-state index < -0.39 is 0 Å². The molecule has 1 N–H and O–H groups in total. The van der Waals surface area contributed by atoms with E-state index >= 15 is 0 Å². The quantitative estimate of drug-likeness (QED) is 0.877. The molecule has 0 aromatic carbocycles. The van der Waals surface area contributed by atoms with Gasteiger partial charge >= 0.3 is 0 Å². The van der Waals surface area contributed by atoms with E-state index in [0.717, 1.165) is 17.2 Å². The van der Waals surface area contributed by atoms with Crippen LogP contribution in [0.15, 0.2) is 30.7 Å². The maximum absolute atomic E-state index is 4.45. The van der Waals surface area contributed by atoms with E-state index in [1.807, 2.05) is 26.0 Å². The summed E-state index contributed by atoms with van der Waals surface area (Å²) in [7, 11) is 0. The smallest absolute Gasteiger partial charge is 0.148 e. The molecule has 2 rings (SSSR count). The van der Waals surface area contributed by atoms with Crippen molar-refractivity contribution in [2.75, 3.05) is 5.32 Å². The Kier molecular flexibility index (Phi) is 3.32. The minimum Gasteiger partial charge on any atom is -0.362 e. The fourth-order valence-electron chi connectivity index (χ4n) is 1.61. The molecular weight excluding hydrogens is 212 g/mol. The number of nitrogens with one attached hydrogen (secondary N) is 1. The molecule has 0 spiro atoms. The summed E-state index contributed by atoms with van der Waals surface area (Å²) in [5.74, 6) is 0.842. The normalized spacial score (nSPS) is 12.2. The summed E-state index contributed by atoms with van der Waals surface area (Å²) in [6, 6.07) is 4.18. The number of hydrogen-bond donors (Lipinski definition) is 1. The number of rotatable bonds is 3. The van der Waals surface area contributed by atoms with Crippen LogP contribution in [0.2, 0.25) is 0 Å². The van der Waals surface area contributed by atoms with Gasteiger partial charge in [-0.15, -0.1) is 0 Å². The topological polar surface area (TPSA) is 50.7 Å². The van der Waals surface area contributed by atoms with E-state index in [0.29, 0.717) is 0 Å². The molecule has 2 aromatic heterocycles. The number of hydrogen-bond acceptors (Lipinski definition) is 4. The first kappa shape index (κ1) is 11.5. The zero-order valence-corrected chi connectivity index (χ0v) is 10.3. The Balaban J connectivity index is 2.18. The first-order chi connectivity index (χ1) is 8.16. The van der Waals surface area contributed by atoms with Crippen molar-refractivity contribution in [3.8, 4) is 0 Å². The van der Waals surface area contributed by atoms with Gasteiger partial charge in [-0.3, -0.25) is 9.97 Å². The van der Waals surface area contributed by atoms with E-state index in [9.17, 15) is 0 Å². The highest BCUT2D eigenvalue weighted by Crippen LogP contribution is 2.18. The molecule has 2 heterocycles. The van der Waals surface area contributed by atoms with Crippen molar-refractivity contribution in [3.63, 3.8) is 0 Å². The predicted molar refractivity (Wildman–Crippen MR) is 67.8 cm³/mol. The second-order valence-electron chi connectivity index (χ2n) is 4.09. The molecule has 0 fully saturated rings. The largest absolute Gasteiger partial charge is 0.362 e. The van der Waals surface area contributed by atoms with Crippen LogP contribution in [0.1, 0.15) is 29.9 Å². The highest BCUT2D eigenvalue weighted by Gasteiger charge is 2.08. The molecule has 0 unspecified atom stereocenters. The van der Waals surface area contributed by atoms with E-state index in [4.69, 9.17) is 0 Å². The highest BCUT2D eigenvalue weighted by atomic mass is 15.0. The van der Waals surface area contributed by atoms with Crippen molar-refractivity contribution < 1.29 is 0 Å². The standard InChI is InChI=1S/C13H16N4/c1-9-8-15-11(3)13(16-9)17-10(2)12-4-6-14-7-5-12/h4-8,10H,1-3H3,(H,16,17)/t10-/m1/s1. The summed E-state index contributed by atoms with van der Waals surface area (Å²) in [4.78, 5) is 12.7. The van der Waals surface area contributed by atoms with Crippen LogP contribution in [-0.2, 0) is 0 Å². The summed E-state index contributed by atoms with van der Waals surface area (Å²) in [6.45, 7) is 5.99. The summed E-state index contributed by atoms with van der Waals surface area (Å²) >= 11 is 0. The average molecular weight is 228 g/mol. The predicted octanol–water partition coefficient (Wildman–Crippen LogP) is 2.66. The lowest BCUT2D eigenvalue weighted by molar-refractivity contribution is 0.859.